The highest BCUT2D eigenvalue weighted by atomic mass is 35.5. The number of nitrogens with zero attached hydrogens (tertiary/aromatic N) is 4. The Bertz CT molecular complexity index is 772. The number of halogens is 1. The van der Waals surface area contributed by atoms with E-state index in [1.807, 2.05) is 29.8 Å². The Labute approximate surface area is 144 Å². The van der Waals surface area contributed by atoms with Crippen LogP contribution in [0.3, 0.4) is 0 Å². The summed E-state index contributed by atoms with van der Waals surface area (Å²) in [5.74, 6) is 0.697. The van der Waals surface area contributed by atoms with Crippen LogP contribution in [-0.4, -0.2) is 26.2 Å². The molecule has 2 aromatic rings. The summed E-state index contributed by atoms with van der Waals surface area (Å²) in [5.41, 5.74) is 2.24. The molecule has 1 heterocycles. The van der Waals surface area contributed by atoms with Gasteiger partial charge < -0.3 is 10.6 Å². The zero-order valence-electron chi connectivity index (χ0n) is 13.4. The predicted octanol–water partition coefficient (Wildman–Crippen LogP) is 2.71. The van der Waals surface area contributed by atoms with Gasteiger partial charge in [0.1, 0.15) is 0 Å². The molecule has 8 heteroatoms. The summed E-state index contributed by atoms with van der Waals surface area (Å²) in [7, 11) is 0. The zero-order valence-corrected chi connectivity index (χ0v) is 14.1. The Kier molecular flexibility index (Phi) is 3.88. The van der Waals surface area contributed by atoms with E-state index in [4.69, 9.17) is 11.6 Å². The number of carbonyl (C=O) groups excluding carboxylic acids is 1. The topological polar surface area (TPSA) is 84.7 Å². The van der Waals surface area contributed by atoms with Crippen molar-refractivity contribution < 1.29 is 4.79 Å². The van der Waals surface area contributed by atoms with Crippen LogP contribution < -0.4 is 10.6 Å². The molecular formula is C16H19ClN6O. The van der Waals surface area contributed by atoms with Crippen molar-refractivity contribution in [2.45, 2.75) is 50.7 Å². The summed E-state index contributed by atoms with van der Waals surface area (Å²) < 4.78 is 1.82. The fraction of sp³-hybridized carbons (Fsp3) is 0.500. The molecular weight excluding hydrogens is 328 g/mol. The molecule has 1 saturated carbocycles. The van der Waals surface area contributed by atoms with Crippen LogP contribution in [-0.2, 0) is 6.42 Å². The highest BCUT2D eigenvalue weighted by molar-refractivity contribution is 6.31. The molecule has 0 bridgehead atoms. The number of rotatable bonds is 4. The lowest BCUT2D eigenvalue weighted by molar-refractivity contribution is 0.233. The largest absolute Gasteiger partial charge is 0.331 e. The number of carbonyl (C=O) groups is 1. The number of fused-ring (bicyclic) bond motifs is 1. The van der Waals surface area contributed by atoms with Crippen LogP contribution in [0.25, 0.3) is 0 Å². The summed E-state index contributed by atoms with van der Waals surface area (Å²) in [6.45, 7) is 1.89. The lowest BCUT2D eigenvalue weighted by Crippen LogP contribution is -2.39. The summed E-state index contributed by atoms with van der Waals surface area (Å²) >= 11 is 6.22. The Balaban J connectivity index is 1.41. The first-order valence-corrected chi connectivity index (χ1v) is 8.63. The zero-order chi connectivity index (χ0) is 16.7. The van der Waals surface area contributed by atoms with Crippen molar-refractivity contribution in [2.24, 2.45) is 0 Å². The number of hydrogen-bond donors (Lipinski definition) is 2. The third-order valence-electron chi connectivity index (χ3n) is 4.66. The summed E-state index contributed by atoms with van der Waals surface area (Å²) in [5, 5.41) is 18.5. The van der Waals surface area contributed by atoms with E-state index in [0.717, 1.165) is 41.8 Å². The van der Waals surface area contributed by atoms with E-state index in [9.17, 15) is 4.79 Å². The minimum atomic E-state index is -0.249. The first-order valence-electron chi connectivity index (χ1n) is 8.25. The maximum Gasteiger partial charge on any atom is 0.315 e. The summed E-state index contributed by atoms with van der Waals surface area (Å²) in [6, 6.07) is 5.74. The molecule has 0 unspecified atom stereocenters. The van der Waals surface area contributed by atoms with Crippen molar-refractivity contribution in [1.29, 1.82) is 0 Å². The third kappa shape index (κ3) is 2.84. The molecule has 0 saturated heterocycles. The van der Waals surface area contributed by atoms with Gasteiger partial charge in [-0.25, -0.2) is 9.48 Å². The van der Waals surface area contributed by atoms with Gasteiger partial charge in [-0.1, -0.05) is 23.7 Å². The van der Waals surface area contributed by atoms with Crippen molar-refractivity contribution in [1.82, 2.24) is 30.8 Å². The van der Waals surface area contributed by atoms with E-state index >= 15 is 0 Å². The molecule has 2 aliphatic rings. The quantitative estimate of drug-likeness (QED) is 0.891. The van der Waals surface area contributed by atoms with E-state index in [0.29, 0.717) is 11.9 Å². The molecule has 2 amide bonds. The van der Waals surface area contributed by atoms with Crippen LogP contribution in [0.4, 0.5) is 4.79 Å². The van der Waals surface area contributed by atoms with Crippen LogP contribution >= 0.6 is 11.6 Å². The maximum atomic E-state index is 12.4. The van der Waals surface area contributed by atoms with Gasteiger partial charge in [0.05, 0.1) is 18.1 Å². The molecule has 2 N–H and O–H groups in total. The van der Waals surface area contributed by atoms with Crippen LogP contribution in [0.15, 0.2) is 18.2 Å². The van der Waals surface area contributed by atoms with Gasteiger partial charge in [-0.3, -0.25) is 0 Å². The van der Waals surface area contributed by atoms with Crippen molar-refractivity contribution in [3.8, 4) is 0 Å². The van der Waals surface area contributed by atoms with E-state index in [-0.39, 0.29) is 18.1 Å². The summed E-state index contributed by atoms with van der Waals surface area (Å²) in [4.78, 5) is 12.4. The smallest absolute Gasteiger partial charge is 0.315 e. The molecule has 0 aliphatic heterocycles. The highest BCUT2D eigenvalue weighted by Gasteiger charge is 2.30. The highest BCUT2D eigenvalue weighted by Crippen LogP contribution is 2.36. The lowest BCUT2D eigenvalue weighted by Gasteiger charge is -2.18. The van der Waals surface area contributed by atoms with Gasteiger partial charge in [0.15, 0.2) is 5.82 Å². The fourth-order valence-electron chi connectivity index (χ4n) is 3.29. The number of benzene rings is 1. The molecule has 1 fully saturated rings. The number of hydrogen-bond acceptors (Lipinski definition) is 4. The lowest BCUT2D eigenvalue weighted by atomic mass is 10.1. The average Bonchev–Trinajstić information content (AvgIpc) is 3.13. The van der Waals surface area contributed by atoms with Gasteiger partial charge in [0, 0.05) is 5.02 Å². The predicted molar refractivity (Wildman–Crippen MR) is 88.7 cm³/mol. The van der Waals surface area contributed by atoms with Crippen LogP contribution in [0.5, 0.6) is 0 Å². The third-order valence-corrected chi connectivity index (χ3v) is 5.02. The molecule has 1 aromatic heterocycles. The first-order chi connectivity index (χ1) is 11.6. The van der Waals surface area contributed by atoms with Crippen LogP contribution in [0.2, 0.25) is 5.02 Å². The van der Waals surface area contributed by atoms with Gasteiger partial charge in [-0.15, -0.1) is 5.10 Å². The van der Waals surface area contributed by atoms with E-state index in [1.54, 1.807) is 0 Å². The number of amides is 2. The molecule has 0 radical (unpaired) electrons. The van der Waals surface area contributed by atoms with Crippen molar-refractivity contribution >= 4 is 17.6 Å². The normalized spacial score (nSPS) is 20.5. The first kappa shape index (κ1) is 15.4. The molecule has 0 spiro atoms. The van der Waals surface area contributed by atoms with Crippen molar-refractivity contribution in [3.63, 3.8) is 0 Å². The molecule has 2 aliphatic carbocycles. The number of aromatic nitrogens is 4. The molecule has 4 rings (SSSR count). The van der Waals surface area contributed by atoms with Gasteiger partial charge in [-0.2, -0.15) is 0 Å². The van der Waals surface area contributed by atoms with Crippen molar-refractivity contribution in [3.05, 3.63) is 40.2 Å². The molecule has 24 heavy (non-hydrogen) atoms. The minimum absolute atomic E-state index is 0.00896. The number of urea groups is 1. The second-order valence-electron chi connectivity index (χ2n) is 6.45. The number of nitrogens with one attached hydrogen (secondary N) is 2. The monoisotopic (exact) mass is 346 g/mol. The molecule has 7 nitrogen and oxygen atoms in total. The second kappa shape index (κ2) is 6.05. The Morgan fingerprint density at radius 3 is 3.00 bits per heavy atom. The molecule has 2 atom stereocenters. The maximum absolute atomic E-state index is 12.4. The Morgan fingerprint density at radius 1 is 1.38 bits per heavy atom. The summed E-state index contributed by atoms with van der Waals surface area (Å²) in [6.07, 6.45) is 3.93. The standard InChI is InChI=1S/C16H19ClN6O/c1-9(15-20-21-22-23(15)10-5-6-10)18-16(24)19-14-8-7-11-12(14)3-2-4-13(11)17/h2-4,9-10,14H,5-8H2,1H3,(H2,18,19,24)/t9-,14-/m0/s1. The molecule has 1 aromatic carbocycles. The van der Waals surface area contributed by atoms with Gasteiger partial charge in [0.25, 0.3) is 0 Å². The Morgan fingerprint density at radius 2 is 2.21 bits per heavy atom. The average molecular weight is 347 g/mol. The van der Waals surface area contributed by atoms with E-state index in [2.05, 4.69) is 26.2 Å². The van der Waals surface area contributed by atoms with Gasteiger partial charge in [-0.05, 0) is 60.2 Å². The van der Waals surface area contributed by atoms with Gasteiger partial charge >= 0.3 is 6.03 Å². The van der Waals surface area contributed by atoms with Gasteiger partial charge in [0.2, 0.25) is 0 Å². The molecule has 126 valence electrons. The van der Waals surface area contributed by atoms with Crippen LogP contribution in [0, 0.1) is 0 Å². The SMILES string of the molecule is C[C@H](NC(=O)N[C@H]1CCc2c(Cl)cccc21)c1nnnn1C1CC1. The Hall–Kier alpha value is -2.15. The second-order valence-corrected chi connectivity index (χ2v) is 6.86. The fourth-order valence-corrected chi connectivity index (χ4v) is 3.56. The minimum Gasteiger partial charge on any atom is -0.331 e. The van der Waals surface area contributed by atoms with E-state index < -0.39 is 0 Å². The van der Waals surface area contributed by atoms with E-state index in [1.165, 1.54) is 0 Å². The van der Waals surface area contributed by atoms with Crippen molar-refractivity contribution in [2.75, 3.05) is 0 Å². The number of tetrazole rings is 1. The van der Waals surface area contributed by atoms with Crippen LogP contribution in [0.1, 0.15) is 61.3 Å².